The van der Waals surface area contributed by atoms with Gasteiger partial charge >= 0.3 is 0 Å². The number of primary amides is 1. The summed E-state index contributed by atoms with van der Waals surface area (Å²) in [5.74, 6) is -0.470. The van der Waals surface area contributed by atoms with Crippen LogP contribution in [0.25, 0.3) is 11.1 Å². The molecule has 34 heavy (non-hydrogen) atoms. The molecule has 0 unspecified atom stereocenters. The lowest BCUT2D eigenvalue weighted by atomic mass is 9.97. The number of nitrogens with one attached hydrogen (secondary N) is 1. The number of para-hydroxylation sites is 1. The van der Waals surface area contributed by atoms with Crippen LogP contribution in [0.2, 0.25) is 5.02 Å². The number of nitrogens with two attached hydrogens (primary N) is 1. The van der Waals surface area contributed by atoms with Gasteiger partial charge in [-0.15, -0.1) is 0 Å². The molecule has 0 radical (unpaired) electrons. The third-order valence-corrected chi connectivity index (χ3v) is 7.45. The summed E-state index contributed by atoms with van der Waals surface area (Å²) in [6, 6.07) is 17.8. The fourth-order valence-corrected chi connectivity index (χ4v) is 5.49. The van der Waals surface area contributed by atoms with E-state index in [1.165, 1.54) is 0 Å². The Hall–Kier alpha value is -2.54. The number of amides is 1. The van der Waals surface area contributed by atoms with E-state index in [4.69, 9.17) is 17.3 Å². The SMILES string of the molecule is Cc1c(Cl)cccc1N(C)c1c(C(N)=O)cccc1-c1ccc(N2CCNC(C)(C)C2)c(Br)c1. The number of anilines is 3. The van der Waals surface area contributed by atoms with Crippen molar-refractivity contribution in [3.8, 4) is 11.1 Å². The lowest BCUT2D eigenvalue weighted by Crippen LogP contribution is -2.57. The predicted octanol–water partition coefficient (Wildman–Crippen LogP) is 6.13. The Balaban J connectivity index is 1.81. The molecule has 1 aliphatic heterocycles. The van der Waals surface area contributed by atoms with E-state index >= 15 is 0 Å². The van der Waals surface area contributed by atoms with Crippen LogP contribution >= 0.6 is 27.5 Å². The Morgan fingerprint density at radius 1 is 1.18 bits per heavy atom. The highest BCUT2D eigenvalue weighted by Crippen LogP contribution is 2.41. The van der Waals surface area contributed by atoms with Crippen molar-refractivity contribution in [3.05, 3.63) is 75.2 Å². The Kier molecular flexibility index (Phi) is 6.94. The molecule has 0 aromatic heterocycles. The highest BCUT2D eigenvalue weighted by molar-refractivity contribution is 9.10. The van der Waals surface area contributed by atoms with Crippen molar-refractivity contribution >= 4 is 50.5 Å². The number of benzene rings is 3. The van der Waals surface area contributed by atoms with Gasteiger partial charge in [-0.2, -0.15) is 0 Å². The Bertz CT molecular complexity index is 1240. The number of piperazine rings is 1. The molecule has 3 aromatic carbocycles. The number of hydrogen-bond acceptors (Lipinski definition) is 4. The summed E-state index contributed by atoms with van der Waals surface area (Å²) in [6.07, 6.45) is 0. The Morgan fingerprint density at radius 3 is 2.59 bits per heavy atom. The van der Waals surface area contributed by atoms with Gasteiger partial charge in [0.25, 0.3) is 5.91 Å². The van der Waals surface area contributed by atoms with Crippen LogP contribution in [-0.2, 0) is 0 Å². The van der Waals surface area contributed by atoms with E-state index in [0.29, 0.717) is 10.6 Å². The normalized spacial score (nSPS) is 15.3. The molecule has 0 bridgehead atoms. The number of hydrogen-bond donors (Lipinski definition) is 2. The summed E-state index contributed by atoms with van der Waals surface area (Å²) < 4.78 is 1.01. The van der Waals surface area contributed by atoms with Crippen molar-refractivity contribution in [2.24, 2.45) is 5.73 Å². The second-order valence-corrected chi connectivity index (χ2v) is 10.7. The first-order chi connectivity index (χ1) is 16.1. The fraction of sp³-hybridized carbons (Fsp3) is 0.296. The second-order valence-electron chi connectivity index (χ2n) is 9.41. The molecule has 0 saturated carbocycles. The van der Waals surface area contributed by atoms with Gasteiger partial charge in [-0.25, -0.2) is 0 Å². The predicted molar refractivity (Wildman–Crippen MR) is 147 cm³/mol. The summed E-state index contributed by atoms with van der Waals surface area (Å²) in [5.41, 5.74) is 12.0. The Morgan fingerprint density at radius 2 is 1.91 bits per heavy atom. The summed E-state index contributed by atoms with van der Waals surface area (Å²) in [5, 5.41) is 4.23. The van der Waals surface area contributed by atoms with E-state index in [9.17, 15) is 4.79 Å². The van der Waals surface area contributed by atoms with Crippen LogP contribution < -0.4 is 20.9 Å². The van der Waals surface area contributed by atoms with Gasteiger partial charge in [0.15, 0.2) is 0 Å². The molecule has 178 valence electrons. The first kappa shape index (κ1) is 24.6. The van der Waals surface area contributed by atoms with Gasteiger partial charge < -0.3 is 20.9 Å². The highest BCUT2D eigenvalue weighted by atomic mass is 79.9. The van der Waals surface area contributed by atoms with Crippen molar-refractivity contribution in [2.45, 2.75) is 26.3 Å². The molecular weight excluding hydrogens is 512 g/mol. The van der Waals surface area contributed by atoms with E-state index in [2.05, 4.69) is 58.2 Å². The molecular formula is C27H30BrClN4O. The van der Waals surface area contributed by atoms with E-state index < -0.39 is 5.91 Å². The largest absolute Gasteiger partial charge is 0.368 e. The minimum Gasteiger partial charge on any atom is -0.368 e. The van der Waals surface area contributed by atoms with Gasteiger partial charge in [-0.05, 0) is 78.2 Å². The van der Waals surface area contributed by atoms with Crippen LogP contribution in [-0.4, -0.2) is 38.1 Å². The maximum Gasteiger partial charge on any atom is 0.250 e. The monoisotopic (exact) mass is 540 g/mol. The fourth-order valence-electron chi connectivity index (χ4n) is 4.69. The number of halogens is 2. The molecule has 5 nitrogen and oxygen atoms in total. The minimum atomic E-state index is -0.470. The zero-order chi connectivity index (χ0) is 24.6. The molecule has 0 aliphatic carbocycles. The van der Waals surface area contributed by atoms with E-state index in [0.717, 1.165) is 57.9 Å². The van der Waals surface area contributed by atoms with Crippen molar-refractivity contribution in [2.75, 3.05) is 36.5 Å². The first-order valence-corrected chi connectivity index (χ1v) is 12.5. The van der Waals surface area contributed by atoms with E-state index in [1.807, 2.05) is 49.2 Å². The van der Waals surface area contributed by atoms with Gasteiger partial charge in [0.1, 0.15) is 0 Å². The molecule has 1 saturated heterocycles. The van der Waals surface area contributed by atoms with E-state index in [-0.39, 0.29) is 5.54 Å². The summed E-state index contributed by atoms with van der Waals surface area (Å²) in [4.78, 5) is 16.8. The van der Waals surface area contributed by atoms with Crippen LogP contribution in [0.1, 0.15) is 29.8 Å². The highest BCUT2D eigenvalue weighted by Gasteiger charge is 2.27. The molecule has 1 aliphatic rings. The molecule has 4 rings (SSSR count). The molecule has 1 heterocycles. The number of nitrogens with zero attached hydrogens (tertiary/aromatic N) is 2. The lowest BCUT2D eigenvalue weighted by molar-refractivity contribution is 0.100. The van der Waals surface area contributed by atoms with Crippen LogP contribution in [0.5, 0.6) is 0 Å². The molecule has 3 aromatic rings. The van der Waals surface area contributed by atoms with Gasteiger partial charge in [0, 0.05) is 53.0 Å². The van der Waals surface area contributed by atoms with Crippen molar-refractivity contribution in [3.63, 3.8) is 0 Å². The Labute approximate surface area is 215 Å². The van der Waals surface area contributed by atoms with Crippen molar-refractivity contribution < 1.29 is 4.79 Å². The molecule has 1 amide bonds. The molecule has 1 fully saturated rings. The summed E-state index contributed by atoms with van der Waals surface area (Å²) in [7, 11) is 1.94. The topological polar surface area (TPSA) is 61.6 Å². The average molecular weight is 542 g/mol. The van der Waals surface area contributed by atoms with Gasteiger partial charge in [0.05, 0.1) is 16.9 Å². The quantitative estimate of drug-likeness (QED) is 0.408. The van der Waals surface area contributed by atoms with Crippen LogP contribution in [0, 0.1) is 6.92 Å². The average Bonchev–Trinajstić information content (AvgIpc) is 2.79. The summed E-state index contributed by atoms with van der Waals surface area (Å²) >= 11 is 10.2. The van der Waals surface area contributed by atoms with E-state index in [1.54, 1.807) is 6.07 Å². The zero-order valence-electron chi connectivity index (χ0n) is 20.0. The summed E-state index contributed by atoms with van der Waals surface area (Å²) in [6.45, 7) is 9.22. The number of rotatable bonds is 5. The molecule has 7 heteroatoms. The van der Waals surface area contributed by atoms with Crippen LogP contribution in [0.15, 0.2) is 59.1 Å². The van der Waals surface area contributed by atoms with Gasteiger partial charge in [-0.3, -0.25) is 4.79 Å². The lowest BCUT2D eigenvalue weighted by Gasteiger charge is -2.40. The van der Waals surface area contributed by atoms with Gasteiger partial charge in [-0.1, -0.05) is 35.9 Å². The maximum absolute atomic E-state index is 12.4. The molecule has 3 N–H and O–H groups in total. The number of carbonyl (C=O) groups excluding carboxylic acids is 1. The molecule has 0 atom stereocenters. The standard InChI is InChI=1S/C27H30BrClN4O/c1-17-22(29)9-6-10-23(17)32(4)25-19(7-5-8-20(25)26(30)34)18-11-12-24(21(28)15-18)33-14-13-31-27(2,3)16-33/h5-12,15,31H,13-14,16H2,1-4H3,(H2,30,34). The van der Waals surface area contributed by atoms with Crippen molar-refractivity contribution in [1.29, 1.82) is 0 Å². The third-order valence-electron chi connectivity index (χ3n) is 6.41. The third kappa shape index (κ3) is 4.81. The van der Waals surface area contributed by atoms with Gasteiger partial charge in [0.2, 0.25) is 0 Å². The second kappa shape index (κ2) is 9.61. The maximum atomic E-state index is 12.4. The van der Waals surface area contributed by atoms with Crippen molar-refractivity contribution in [1.82, 2.24) is 5.32 Å². The minimum absolute atomic E-state index is 0.0525. The number of carbonyl (C=O) groups is 1. The first-order valence-electron chi connectivity index (χ1n) is 11.3. The molecule has 0 spiro atoms. The van der Waals surface area contributed by atoms with Crippen LogP contribution in [0.3, 0.4) is 0 Å². The zero-order valence-corrected chi connectivity index (χ0v) is 22.3. The van der Waals surface area contributed by atoms with Crippen LogP contribution in [0.4, 0.5) is 17.1 Å². The smallest absolute Gasteiger partial charge is 0.250 e.